The predicted molar refractivity (Wildman–Crippen MR) is 89.8 cm³/mol. The maximum Gasteiger partial charge on any atom is 0.227 e. The van der Waals surface area contributed by atoms with E-state index in [9.17, 15) is 4.79 Å². The second kappa shape index (κ2) is 6.31. The summed E-state index contributed by atoms with van der Waals surface area (Å²) in [5, 5.41) is 6.29. The minimum atomic E-state index is 0.148. The van der Waals surface area contributed by atoms with Crippen molar-refractivity contribution in [3.8, 4) is 0 Å². The van der Waals surface area contributed by atoms with E-state index in [1.54, 1.807) is 0 Å². The third-order valence-electron chi connectivity index (χ3n) is 3.76. The summed E-state index contributed by atoms with van der Waals surface area (Å²) in [4.78, 5) is 11.9. The smallest absolute Gasteiger partial charge is 0.227 e. The zero-order valence-corrected chi connectivity index (χ0v) is 13.2. The highest BCUT2D eigenvalue weighted by Gasteiger charge is 2.24. The lowest BCUT2D eigenvalue weighted by molar-refractivity contribution is -0.122. The summed E-state index contributed by atoms with van der Waals surface area (Å²) >= 11 is 3.42. The molecule has 0 heterocycles. The van der Waals surface area contributed by atoms with Crippen LogP contribution in [0.4, 0.5) is 17.1 Å². The Hall–Kier alpha value is -1.81. The highest BCUT2D eigenvalue weighted by molar-refractivity contribution is 9.10. The van der Waals surface area contributed by atoms with Crippen molar-refractivity contribution in [2.24, 2.45) is 5.92 Å². The Balaban J connectivity index is 1.60. The minimum Gasteiger partial charge on any atom is -0.356 e. The Bertz CT molecular complexity index is 618. The molecule has 1 fully saturated rings. The summed E-state index contributed by atoms with van der Waals surface area (Å²) in [5.41, 5.74) is 2.89. The highest BCUT2D eigenvalue weighted by atomic mass is 79.9. The fourth-order valence-electron chi connectivity index (χ4n) is 2.25. The van der Waals surface area contributed by atoms with E-state index in [2.05, 4.69) is 26.6 Å². The van der Waals surface area contributed by atoms with Crippen molar-refractivity contribution in [2.45, 2.75) is 19.3 Å². The van der Waals surface area contributed by atoms with Gasteiger partial charge in [-0.1, -0.05) is 22.4 Å². The molecular formula is C17H17BrN2O. The third kappa shape index (κ3) is 3.64. The van der Waals surface area contributed by atoms with Gasteiger partial charge in [-0.25, -0.2) is 0 Å². The van der Waals surface area contributed by atoms with Crippen molar-refractivity contribution in [3.63, 3.8) is 0 Å². The molecule has 0 saturated heterocycles. The van der Waals surface area contributed by atoms with E-state index in [0.29, 0.717) is 0 Å². The molecule has 0 radical (unpaired) electrons. The molecule has 3 nitrogen and oxygen atoms in total. The van der Waals surface area contributed by atoms with E-state index >= 15 is 0 Å². The summed E-state index contributed by atoms with van der Waals surface area (Å²) in [5.74, 6) is 0.362. The first-order valence-corrected chi connectivity index (χ1v) is 7.93. The monoisotopic (exact) mass is 344 g/mol. The van der Waals surface area contributed by atoms with Crippen LogP contribution in [0.3, 0.4) is 0 Å². The van der Waals surface area contributed by atoms with Crippen molar-refractivity contribution < 1.29 is 4.79 Å². The second-order valence-corrected chi connectivity index (χ2v) is 6.24. The minimum absolute atomic E-state index is 0.148. The van der Waals surface area contributed by atoms with Crippen molar-refractivity contribution in [1.82, 2.24) is 0 Å². The Morgan fingerprint density at radius 1 is 0.905 bits per heavy atom. The predicted octanol–water partition coefficient (Wildman–Crippen LogP) is 4.93. The van der Waals surface area contributed by atoms with Crippen LogP contribution in [0.15, 0.2) is 53.0 Å². The number of anilines is 3. The SMILES string of the molecule is O=C(Nc1ccc(Nc2ccc(Br)cc2)cc1)C1CCC1. The van der Waals surface area contributed by atoms with Gasteiger partial charge in [-0.15, -0.1) is 0 Å². The number of halogens is 1. The molecule has 0 aromatic heterocycles. The Morgan fingerprint density at radius 2 is 1.43 bits per heavy atom. The van der Waals surface area contributed by atoms with Gasteiger partial charge in [0.05, 0.1) is 0 Å². The van der Waals surface area contributed by atoms with Gasteiger partial charge in [-0.2, -0.15) is 0 Å². The average Bonchev–Trinajstić information content (AvgIpc) is 2.41. The Kier molecular flexibility index (Phi) is 4.25. The van der Waals surface area contributed by atoms with Gasteiger partial charge in [0.15, 0.2) is 0 Å². The first-order chi connectivity index (χ1) is 10.2. The van der Waals surface area contributed by atoms with E-state index in [0.717, 1.165) is 34.4 Å². The second-order valence-electron chi connectivity index (χ2n) is 5.33. The molecule has 0 aliphatic heterocycles. The van der Waals surface area contributed by atoms with Gasteiger partial charge in [-0.05, 0) is 61.4 Å². The van der Waals surface area contributed by atoms with Crippen molar-refractivity contribution in [2.75, 3.05) is 10.6 Å². The van der Waals surface area contributed by atoms with Gasteiger partial charge in [0, 0.05) is 27.5 Å². The number of nitrogens with one attached hydrogen (secondary N) is 2. The lowest BCUT2D eigenvalue weighted by atomic mass is 9.85. The van der Waals surface area contributed by atoms with E-state index < -0.39 is 0 Å². The number of carbonyl (C=O) groups excluding carboxylic acids is 1. The Morgan fingerprint density at radius 3 is 1.95 bits per heavy atom. The third-order valence-corrected chi connectivity index (χ3v) is 4.29. The number of carbonyl (C=O) groups is 1. The van der Waals surface area contributed by atoms with Crippen LogP contribution in [0, 0.1) is 5.92 Å². The molecule has 0 spiro atoms. The van der Waals surface area contributed by atoms with Gasteiger partial charge in [0.25, 0.3) is 0 Å². The normalized spacial score (nSPS) is 14.3. The zero-order valence-electron chi connectivity index (χ0n) is 11.6. The van der Waals surface area contributed by atoms with E-state index in [-0.39, 0.29) is 11.8 Å². The van der Waals surface area contributed by atoms with Crippen molar-refractivity contribution in [1.29, 1.82) is 0 Å². The summed E-state index contributed by atoms with van der Waals surface area (Å²) in [7, 11) is 0. The van der Waals surface area contributed by atoms with E-state index in [1.165, 1.54) is 6.42 Å². The number of hydrogen-bond donors (Lipinski definition) is 2. The number of rotatable bonds is 4. The van der Waals surface area contributed by atoms with Crippen LogP contribution in [0.2, 0.25) is 0 Å². The molecule has 21 heavy (non-hydrogen) atoms. The van der Waals surface area contributed by atoms with Crippen molar-refractivity contribution >= 4 is 38.9 Å². The first kappa shape index (κ1) is 14.1. The maximum absolute atomic E-state index is 11.9. The fraction of sp³-hybridized carbons (Fsp3) is 0.235. The molecule has 0 atom stereocenters. The summed E-state index contributed by atoms with van der Waals surface area (Å²) in [6.07, 6.45) is 3.22. The molecule has 1 aliphatic carbocycles. The number of hydrogen-bond acceptors (Lipinski definition) is 2. The molecule has 3 rings (SSSR count). The molecule has 1 aliphatic rings. The average molecular weight is 345 g/mol. The molecule has 2 N–H and O–H groups in total. The fourth-order valence-corrected chi connectivity index (χ4v) is 2.52. The first-order valence-electron chi connectivity index (χ1n) is 7.14. The van der Waals surface area contributed by atoms with Crippen LogP contribution >= 0.6 is 15.9 Å². The molecule has 2 aromatic carbocycles. The van der Waals surface area contributed by atoms with Crippen LogP contribution in [-0.2, 0) is 4.79 Å². The molecule has 0 bridgehead atoms. The highest BCUT2D eigenvalue weighted by Crippen LogP contribution is 2.28. The zero-order chi connectivity index (χ0) is 14.7. The van der Waals surface area contributed by atoms with Gasteiger partial charge in [0.1, 0.15) is 0 Å². The summed E-state index contributed by atoms with van der Waals surface area (Å²) in [6, 6.07) is 15.8. The number of amides is 1. The van der Waals surface area contributed by atoms with Gasteiger partial charge in [-0.3, -0.25) is 4.79 Å². The van der Waals surface area contributed by atoms with Crippen LogP contribution < -0.4 is 10.6 Å². The van der Waals surface area contributed by atoms with E-state index in [4.69, 9.17) is 0 Å². The van der Waals surface area contributed by atoms with Crippen LogP contribution in [0.25, 0.3) is 0 Å². The quantitative estimate of drug-likeness (QED) is 0.825. The molecule has 108 valence electrons. The lowest BCUT2D eigenvalue weighted by Crippen LogP contribution is -2.27. The van der Waals surface area contributed by atoms with Crippen LogP contribution in [-0.4, -0.2) is 5.91 Å². The molecule has 0 unspecified atom stereocenters. The molecular weight excluding hydrogens is 328 g/mol. The van der Waals surface area contributed by atoms with Crippen LogP contribution in [0.5, 0.6) is 0 Å². The van der Waals surface area contributed by atoms with Crippen molar-refractivity contribution in [3.05, 3.63) is 53.0 Å². The van der Waals surface area contributed by atoms with Crippen LogP contribution in [0.1, 0.15) is 19.3 Å². The standard InChI is InChI=1S/C17H17BrN2O/c18-13-4-6-14(7-5-13)19-15-8-10-16(11-9-15)20-17(21)12-2-1-3-12/h4-12,19H,1-3H2,(H,20,21). The largest absolute Gasteiger partial charge is 0.356 e. The molecule has 2 aromatic rings. The summed E-state index contributed by atoms with van der Waals surface area (Å²) in [6.45, 7) is 0. The Labute approximate surface area is 132 Å². The maximum atomic E-state index is 11.9. The topological polar surface area (TPSA) is 41.1 Å². The van der Waals surface area contributed by atoms with Gasteiger partial charge < -0.3 is 10.6 Å². The van der Waals surface area contributed by atoms with Gasteiger partial charge >= 0.3 is 0 Å². The summed E-state index contributed by atoms with van der Waals surface area (Å²) < 4.78 is 1.06. The van der Waals surface area contributed by atoms with Gasteiger partial charge in [0.2, 0.25) is 5.91 Å². The molecule has 1 saturated carbocycles. The number of benzene rings is 2. The molecule has 4 heteroatoms. The molecule has 1 amide bonds. The van der Waals surface area contributed by atoms with E-state index in [1.807, 2.05) is 48.5 Å². The lowest BCUT2D eigenvalue weighted by Gasteiger charge is -2.24.